The molecule has 0 bridgehead atoms. The van der Waals surface area contributed by atoms with Crippen molar-refractivity contribution in [2.45, 2.75) is 13.8 Å². The Morgan fingerprint density at radius 3 is 1.91 bits per heavy atom. The normalized spacial score (nSPS) is 12.6. The summed E-state index contributed by atoms with van der Waals surface area (Å²) in [7, 11) is -4.27. The lowest BCUT2D eigenvalue weighted by molar-refractivity contribution is 0.506. The van der Waals surface area contributed by atoms with Crippen LogP contribution in [0, 0.1) is 13.8 Å². The predicted octanol–water partition coefficient (Wildman–Crippen LogP) is 0.465. The molecule has 7 nitrogen and oxygen atoms in total. The molecule has 1 aromatic carbocycles. The minimum absolute atomic E-state index is 0.0133. The molecule has 126 valence electrons. The Labute approximate surface area is 133 Å². The number of anilines is 1. The summed E-state index contributed by atoms with van der Waals surface area (Å²) in [6.07, 6.45) is 1.10. The standard InChI is InChI=1S/C13H23N3O4S2/c1-11-8-12(2)10-13(9-11)16(21(5,17)18)7-6-14-22(19,20)15(3)4/h8-10,14H,6-7H2,1-5H3. The molecule has 0 amide bonds. The number of nitrogens with zero attached hydrogens (tertiary/aromatic N) is 2. The van der Waals surface area contributed by atoms with Crippen molar-refractivity contribution in [3.8, 4) is 0 Å². The van der Waals surface area contributed by atoms with E-state index in [4.69, 9.17) is 0 Å². The van der Waals surface area contributed by atoms with Crippen LogP contribution in [0.1, 0.15) is 11.1 Å². The average Bonchev–Trinajstić information content (AvgIpc) is 2.31. The molecule has 0 atom stereocenters. The van der Waals surface area contributed by atoms with Gasteiger partial charge in [-0.3, -0.25) is 4.31 Å². The largest absolute Gasteiger partial charge is 0.278 e. The van der Waals surface area contributed by atoms with Gasteiger partial charge in [0.15, 0.2) is 0 Å². The highest BCUT2D eigenvalue weighted by Gasteiger charge is 2.19. The Morgan fingerprint density at radius 1 is 1.00 bits per heavy atom. The first-order chi connectivity index (χ1) is 9.93. The lowest BCUT2D eigenvalue weighted by atomic mass is 10.1. The van der Waals surface area contributed by atoms with Gasteiger partial charge in [-0.1, -0.05) is 6.07 Å². The van der Waals surface area contributed by atoms with Gasteiger partial charge in [0.05, 0.1) is 11.9 Å². The number of rotatable bonds is 7. The van der Waals surface area contributed by atoms with Gasteiger partial charge in [-0.2, -0.15) is 12.7 Å². The second-order valence-electron chi connectivity index (χ2n) is 5.36. The minimum Gasteiger partial charge on any atom is -0.269 e. The van der Waals surface area contributed by atoms with E-state index in [9.17, 15) is 16.8 Å². The minimum atomic E-state index is -3.58. The van der Waals surface area contributed by atoms with Crippen molar-refractivity contribution < 1.29 is 16.8 Å². The zero-order valence-electron chi connectivity index (χ0n) is 13.5. The van der Waals surface area contributed by atoms with Gasteiger partial charge in [0.2, 0.25) is 10.0 Å². The van der Waals surface area contributed by atoms with Crippen LogP contribution >= 0.6 is 0 Å². The average molecular weight is 349 g/mol. The van der Waals surface area contributed by atoms with Crippen LogP contribution in [0.4, 0.5) is 5.69 Å². The Balaban J connectivity index is 2.97. The molecule has 0 spiro atoms. The van der Waals surface area contributed by atoms with Crippen molar-refractivity contribution >= 4 is 25.9 Å². The quantitative estimate of drug-likeness (QED) is 0.775. The van der Waals surface area contributed by atoms with E-state index in [0.717, 1.165) is 21.7 Å². The summed E-state index contributed by atoms with van der Waals surface area (Å²) in [4.78, 5) is 0. The van der Waals surface area contributed by atoms with E-state index >= 15 is 0 Å². The first-order valence-corrected chi connectivity index (χ1v) is 9.95. The van der Waals surface area contributed by atoms with E-state index in [-0.39, 0.29) is 13.1 Å². The molecule has 0 aliphatic heterocycles. The predicted molar refractivity (Wildman–Crippen MR) is 88.7 cm³/mol. The Bertz CT molecular complexity index is 707. The van der Waals surface area contributed by atoms with E-state index in [1.54, 1.807) is 12.1 Å². The van der Waals surface area contributed by atoms with Crippen LogP contribution in [0.5, 0.6) is 0 Å². The van der Waals surface area contributed by atoms with Gasteiger partial charge in [0, 0.05) is 27.2 Å². The third kappa shape index (κ3) is 5.24. The Kier molecular flexibility index (Phi) is 5.96. The van der Waals surface area contributed by atoms with Crippen molar-refractivity contribution in [2.24, 2.45) is 0 Å². The SMILES string of the molecule is Cc1cc(C)cc(N(CCNS(=O)(=O)N(C)C)S(C)(=O)=O)c1. The van der Waals surface area contributed by atoms with Crippen LogP contribution < -0.4 is 9.03 Å². The third-order valence-corrected chi connectivity index (χ3v) is 5.70. The Hall–Kier alpha value is -1.16. The molecule has 22 heavy (non-hydrogen) atoms. The zero-order chi connectivity index (χ0) is 17.1. The van der Waals surface area contributed by atoms with Crippen LogP contribution in [0.15, 0.2) is 18.2 Å². The molecule has 1 N–H and O–H groups in total. The zero-order valence-corrected chi connectivity index (χ0v) is 15.1. The molecule has 9 heteroatoms. The highest BCUT2D eigenvalue weighted by atomic mass is 32.2. The van der Waals surface area contributed by atoms with Crippen LogP contribution in [0.3, 0.4) is 0 Å². The molecule has 0 saturated carbocycles. The fourth-order valence-corrected chi connectivity index (χ4v) is 3.51. The first-order valence-electron chi connectivity index (χ1n) is 6.66. The topological polar surface area (TPSA) is 86.8 Å². The lowest BCUT2D eigenvalue weighted by Gasteiger charge is -2.24. The van der Waals surface area contributed by atoms with Crippen molar-refractivity contribution in [2.75, 3.05) is 37.7 Å². The van der Waals surface area contributed by atoms with E-state index < -0.39 is 20.2 Å². The molecule has 0 unspecified atom stereocenters. The second kappa shape index (κ2) is 6.95. The van der Waals surface area contributed by atoms with Gasteiger partial charge in [-0.15, -0.1) is 0 Å². The van der Waals surface area contributed by atoms with Gasteiger partial charge < -0.3 is 0 Å². The highest BCUT2D eigenvalue weighted by Crippen LogP contribution is 2.20. The molecule has 1 rings (SSSR count). The molecular weight excluding hydrogens is 326 g/mol. The monoisotopic (exact) mass is 349 g/mol. The maximum Gasteiger partial charge on any atom is 0.278 e. The van der Waals surface area contributed by atoms with Crippen LogP contribution in [0.25, 0.3) is 0 Å². The summed E-state index contributed by atoms with van der Waals surface area (Å²) in [5.41, 5.74) is 2.42. The van der Waals surface area contributed by atoms with E-state index in [1.165, 1.54) is 18.4 Å². The number of benzene rings is 1. The molecule has 0 saturated heterocycles. The van der Waals surface area contributed by atoms with Crippen LogP contribution in [0.2, 0.25) is 0 Å². The Morgan fingerprint density at radius 2 is 1.50 bits per heavy atom. The molecular formula is C13H23N3O4S2. The maximum absolute atomic E-state index is 12.0. The van der Waals surface area contributed by atoms with Crippen LogP contribution in [-0.2, 0) is 20.2 Å². The number of hydrogen-bond donors (Lipinski definition) is 1. The molecule has 0 radical (unpaired) electrons. The molecule has 1 aromatic rings. The van der Waals surface area contributed by atoms with Crippen molar-refractivity contribution in [3.05, 3.63) is 29.3 Å². The van der Waals surface area contributed by atoms with Crippen molar-refractivity contribution in [1.82, 2.24) is 9.03 Å². The second-order valence-corrected chi connectivity index (χ2v) is 9.24. The molecule has 0 aliphatic carbocycles. The smallest absolute Gasteiger partial charge is 0.269 e. The summed E-state index contributed by atoms with van der Waals surface area (Å²) in [6.45, 7) is 3.77. The van der Waals surface area contributed by atoms with Gasteiger partial charge in [0.1, 0.15) is 0 Å². The van der Waals surface area contributed by atoms with E-state index in [1.807, 2.05) is 19.9 Å². The van der Waals surface area contributed by atoms with E-state index in [0.29, 0.717) is 5.69 Å². The summed E-state index contributed by atoms with van der Waals surface area (Å²) < 4.78 is 51.9. The van der Waals surface area contributed by atoms with Crippen LogP contribution in [-0.4, -0.2) is 54.6 Å². The fraction of sp³-hybridized carbons (Fsp3) is 0.538. The van der Waals surface area contributed by atoms with Gasteiger partial charge in [-0.05, 0) is 37.1 Å². The highest BCUT2D eigenvalue weighted by molar-refractivity contribution is 7.92. The van der Waals surface area contributed by atoms with Gasteiger partial charge in [-0.25, -0.2) is 13.1 Å². The summed E-state index contributed by atoms with van der Waals surface area (Å²) in [5, 5.41) is 0. The lowest BCUT2D eigenvalue weighted by Crippen LogP contribution is -2.42. The number of hydrogen-bond acceptors (Lipinski definition) is 4. The van der Waals surface area contributed by atoms with Gasteiger partial charge >= 0.3 is 0 Å². The molecule has 0 fully saturated rings. The summed E-state index contributed by atoms with van der Waals surface area (Å²) in [6, 6.07) is 5.46. The van der Waals surface area contributed by atoms with Crippen molar-refractivity contribution in [1.29, 1.82) is 0 Å². The molecule has 0 aliphatic rings. The maximum atomic E-state index is 12.0. The fourth-order valence-electron chi connectivity index (χ4n) is 1.99. The summed E-state index contributed by atoms with van der Waals surface area (Å²) in [5.74, 6) is 0. The van der Waals surface area contributed by atoms with Crippen molar-refractivity contribution in [3.63, 3.8) is 0 Å². The number of sulfonamides is 1. The van der Waals surface area contributed by atoms with Gasteiger partial charge in [0.25, 0.3) is 10.2 Å². The third-order valence-electron chi connectivity index (χ3n) is 2.97. The number of nitrogens with one attached hydrogen (secondary N) is 1. The first kappa shape index (κ1) is 18.9. The summed E-state index contributed by atoms with van der Waals surface area (Å²) >= 11 is 0. The number of aryl methyl sites for hydroxylation is 2. The molecule has 0 heterocycles. The van der Waals surface area contributed by atoms with E-state index in [2.05, 4.69) is 4.72 Å². The molecule has 0 aromatic heterocycles.